The van der Waals surface area contributed by atoms with Crippen molar-refractivity contribution in [2.75, 3.05) is 19.4 Å². The standard InChI is InChI=1S/C11H16N4O2/c1-7(10(16)13-3)14-11(17)8-5-4-6-9(12-2)15-8/h4-7H,1-3H3,(H,12,15)(H,13,16)(H,14,17). The highest BCUT2D eigenvalue weighted by Gasteiger charge is 2.15. The Hall–Kier alpha value is -2.11. The lowest BCUT2D eigenvalue weighted by Crippen LogP contribution is -2.43. The van der Waals surface area contributed by atoms with Gasteiger partial charge in [-0.1, -0.05) is 6.07 Å². The first-order valence-electron chi connectivity index (χ1n) is 5.25. The Morgan fingerprint density at radius 1 is 1.29 bits per heavy atom. The van der Waals surface area contributed by atoms with Gasteiger partial charge < -0.3 is 16.0 Å². The van der Waals surface area contributed by atoms with E-state index in [-0.39, 0.29) is 17.5 Å². The summed E-state index contributed by atoms with van der Waals surface area (Å²) in [6.07, 6.45) is 0. The van der Waals surface area contributed by atoms with Crippen LogP contribution in [0.1, 0.15) is 17.4 Å². The summed E-state index contributed by atoms with van der Waals surface area (Å²) in [6, 6.07) is 4.47. The lowest BCUT2D eigenvalue weighted by molar-refractivity contribution is -0.122. The van der Waals surface area contributed by atoms with E-state index in [0.29, 0.717) is 5.82 Å². The highest BCUT2D eigenvalue weighted by molar-refractivity contribution is 5.96. The molecule has 6 nitrogen and oxygen atoms in total. The van der Waals surface area contributed by atoms with Crippen molar-refractivity contribution in [2.24, 2.45) is 0 Å². The zero-order valence-corrected chi connectivity index (χ0v) is 10.1. The number of likely N-dealkylation sites (N-methyl/N-ethyl adjacent to an activating group) is 1. The zero-order chi connectivity index (χ0) is 12.8. The molecule has 3 N–H and O–H groups in total. The second-order valence-electron chi connectivity index (χ2n) is 3.47. The molecule has 1 heterocycles. The molecule has 6 heteroatoms. The average Bonchev–Trinajstić information content (AvgIpc) is 2.37. The summed E-state index contributed by atoms with van der Waals surface area (Å²) in [6.45, 7) is 1.61. The second kappa shape index (κ2) is 5.83. The third kappa shape index (κ3) is 3.44. The molecule has 0 saturated carbocycles. The fraction of sp³-hybridized carbons (Fsp3) is 0.364. The smallest absolute Gasteiger partial charge is 0.270 e. The van der Waals surface area contributed by atoms with E-state index in [0.717, 1.165) is 0 Å². The Labute approximate surface area is 99.8 Å². The van der Waals surface area contributed by atoms with E-state index in [1.807, 2.05) is 0 Å². The first kappa shape index (κ1) is 13.0. The highest BCUT2D eigenvalue weighted by Crippen LogP contribution is 2.03. The van der Waals surface area contributed by atoms with Crippen molar-refractivity contribution < 1.29 is 9.59 Å². The summed E-state index contributed by atoms with van der Waals surface area (Å²) < 4.78 is 0. The van der Waals surface area contributed by atoms with Gasteiger partial charge >= 0.3 is 0 Å². The molecule has 1 atom stereocenters. The van der Waals surface area contributed by atoms with Gasteiger partial charge in [0, 0.05) is 14.1 Å². The number of nitrogens with zero attached hydrogens (tertiary/aromatic N) is 1. The molecule has 0 aliphatic rings. The topological polar surface area (TPSA) is 83.1 Å². The minimum atomic E-state index is -0.590. The minimum absolute atomic E-state index is 0.247. The van der Waals surface area contributed by atoms with Crippen LogP contribution in [-0.2, 0) is 4.79 Å². The fourth-order valence-electron chi connectivity index (χ4n) is 1.25. The molecule has 1 unspecified atom stereocenters. The van der Waals surface area contributed by atoms with Crippen LogP contribution >= 0.6 is 0 Å². The number of hydrogen-bond donors (Lipinski definition) is 3. The third-order valence-corrected chi connectivity index (χ3v) is 2.23. The lowest BCUT2D eigenvalue weighted by atomic mass is 10.2. The molecule has 1 aromatic heterocycles. The van der Waals surface area contributed by atoms with Gasteiger partial charge in [-0.05, 0) is 19.1 Å². The normalized spacial score (nSPS) is 11.5. The minimum Gasteiger partial charge on any atom is -0.373 e. The maximum absolute atomic E-state index is 11.8. The Kier molecular flexibility index (Phi) is 4.45. The summed E-state index contributed by atoms with van der Waals surface area (Å²) in [5.74, 6) is -0.0217. The number of anilines is 1. The van der Waals surface area contributed by atoms with E-state index < -0.39 is 6.04 Å². The number of nitrogens with one attached hydrogen (secondary N) is 3. The van der Waals surface area contributed by atoms with Crippen LogP contribution in [0.3, 0.4) is 0 Å². The first-order valence-corrected chi connectivity index (χ1v) is 5.25. The molecule has 0 spiro atoms. The van der Waals surface area contributed by atoms with Gasteiger partial charge in [0.25, 0.3) is 5.91 Å². The van der Waals surface area contributed by atoms with E-state index in [1.165, 1.54) is 7.05 Å². The van der Waals surface area contributed by atoms with E-state index in [4.69, 9.17) is 0 Å². The van der Waals surface area contributed by atoms with Crippen molar-refractivity contribution in [1.29, 1.82) is 0 Å². The van der Waals surface area contributed by atoms with Crippen LogP contribution in [0, 0.1) is 0 Å². The van der Waals surface area contributed by atoms with E-state index in [1.54, 1.807) is 32.2 Å². The predicted octanol–water partition coefficient (Wildman–Crippen LogP) is -0.0124. The van der Waals surface area contributed by atoms with Crippen LogP contribution in [0.5, 0.6) is 0 Å². The monoisotopic (exact) mass is 236 g/mol. The molecular weight excluding hydrogens is 220 g/mol. The van der Waals surface area contributed by atoms with Crippen molar-refractivity contribution >= 4 is 17.6 Å². The molecule has 1 aromatic rings. The summed E-state index contributed by atoms with van der Waals surface area (Å²) in [4.78, 5) is 27.1. The number of pyridine rings is 1. The SMILES string of the molecule is CNC(=O)C(C)NC(=O)c1cccc(NC)n1. The van der Waals surface area contributed by atoms with Gasteiger partial charge in [-0.2, -0.15) is 0 Å². The number of hydrogen-bond acceptors (Lipinski definition) is 4. The zero-order valence-electron chi connectivity index (χ0n) is 10.1. The Balaban J connectivity index is 2.72. The molecule has 0 aliphatic carbocycles. The van der Waals surface area contributed by atoms with Gasteiger partial charge in [0.15, 0.2) is 0 Å². The lowest BCUT2D eigenvalue weighted by Gasteiger charge is -2.12. The molecule has 92 valence electrons. The van der Waals surface area contributed by atoms with Crippen molar-refractivity contribution in [3.05, 3.63) is 23.9 Å². The maximum atomic E-state index is 11.8. The van der Waals surface area contributed by atoms with Crippen molar-refractivity contribution in [1.82, 2.24) is 15.6 Å². The van der Waals surface area contributed by atoms with Crippen LogP contribution in [0.4, 0.5) is 5.82 Å². The maximum Gasteiger partial charge on any atom is 0.270 e. The largest absolute Gasteiger partial charge is 0.373 e. The van der Waals surface area contributed by atoms with Gasteiger partial charge in [0.05, 0.1) is 0 Å². The van der Waals surface area contributed by atoms with Gasteiger partial charge in [0.1, 0.15) is 17.6 Å². The number of carbonyl (C=O) groups excluding carboxylic acids is 2. The third-order valence-electron chi connectivity index (χ3n) is 2.23. The van der Waals surface area contributed by atoms with Crippen LogP contribution in [0.15, 0.2) is 18.2 Å². The Morgan fingerprint density at radius 3 is 2.59 bits per heavy atom. The average molecular weight is 236 g/mol. The number of amides is 2. The Morgan fingerprint density at radius 2 is 2.00 bits per heavy atom. The quantitative estimate of drug-likeness (QED) is 0.686. The van der Waals surface area contributed by atoms with Gasteiger partial charge in [0.2, 0.25) is 5.91 Å². The summed E-state index contributed by atoms with van der Waals surface area (Å²) in [7, 11) is 3.24. The van der Waals surface area contributed by atoms with Gasteiger partial charge in [-0.3, -0.25) is 9.59 Å². The molecule has 0 aromatic carbocycles. The molecule has 1 rings (SSSR count). The molecule has 0 fully saturated rings. The molecular formula is C11H16N4O2. The van der Waals surface area contributed by atoms with E-state index in [9.17, 15) is 9.59 Å². The van der Waals surface area contributed by atoms with Crippen LogP contribution < -0.4 is 16.0 Å². The van der Waals surface area contributed by atoms with Crippen molar-refractivity contribution in [2.45, 2.75) is 13.0 Å². The van der Waals surface area contributed by atoms with Crippen LogP contribution in [-0.4, -0.2) is 36.9 Å². The fourth-order valence-corrected chi connectivity index (χ4v) is 1.25. The van der Waals surface area contributed by atoms with Gasteiger partial charge in [-0.25, -0.2) is 4.98 Å². The molecule has 0 aliphatic heterocycles. The summed E-state index contributed by atoms with van der Waals surface area (Å²) in [5, 5.41) is 7.85. The summed E-state index contributed by atoms with van der Waals surface area (Å²) in [5.41, 5.74) is 0.271. The molecule has 17 heavy (non-hydrogen) atoms. The molecule has 0 saturated heterocycles. The predicted molar refractivity (Wildman–Crippen MR) is 64.8 cm³/mol. The first-order chi connectivity index (χ1) is 8.08. The van der Waals surface area contributed by atoms with Gasteiger partial charge in [-0.15, -0.1) is 0 Å². The second-order valence-corrected chi connectivity index (χ2v) is 3.47. The van der Waals surface area contributed by atoms with E-state index >= 15 is 0 Å². The van der Waals surface area contributed by atoms with Crippen molar-refractivity contribution in [3.63, 3.8) is 0 Å². The number of rotatable bonds is 4. The van der Waals surface area contributed by atoms with Crippen molar-refractivity contribution in [3.8, 4) is 0 Å². The van der Waals surface area contributed by atoms with Crippen LogP contribution in [0.2, 0.25) is 0 Å². The number of aromatic nitrogens is 1. The Bertz CT molecular complexity index is 420. The van der Waals surface area contributed by atoms with Crippen LogP contribution in [0.25, 0.3) is 0 Å². The highest BCUT2D eigenvalue weighted by atomic mass is 16.2. The molecule has 0 radical (unpaired) electrons. The summed E-state index contributed by atoms with van der Waals surface area (Å²) >= 11 is 0. The van der Waals surface area contributed by atoms with E-state index in [2.05, 4.69) is 20.9 Å². The molecule has 2 amide bonds. The number of carbonyl (C=O) groups is 2. The molecule has 0 bridgehead atoms.